The minimum absolute atomic E-state index is 0.0346. The van der Waals surface area contributed by atoms with Gasteiger partial charge in [-0.3, -0.25) is 14.7 Å². The maximum Gasteiger partial charge on any atom is 0.409 e. The molecule has 0 radical (unpaired) electrons. The Morgan fingerprint density at radius 2 is 1.22 bits per heavy atom. The number of anilines is 1. The van der Waals surface area contributed by atoms with Gasteiger partial charge < -0.3 is 50.7 Å². The quantitative estimate of drug-likeness (QED) is 0.0559. The number of carbonyl (C=O) groups excluding carboxylic acids is 2. The first-order chi connectivity index (χ1) is 56.0. The number of imidazole rings is 3. The third-order valence-electron chi connectivity index (χ3n) is 19.4. The molecule has 13 aromatic rings. The maximum absolute atomic E-state index is 11.8. The molecular formula is C95H112Cl3N13O4. The van der Waals surface area contributed by atoms with E-state index in [9.17, 15) is 9.59 Å². The summed E-state index contributed by atoms with van der Waals surface area (Å²) in [5.41, 5.74) is 31.9. The Hall–Kier alpha value is -10.9. The number of rotatable bonds is 14. The predicted octanol–water partition coefficient (Wildman–Crippen LogP) is 21.6. The Bertz CT molecular complexity index is 4960. The molecule has 7 heterocycles. The van der Waals surface area contributed by atoms with Gasteiger partial charge in [0.1, 0.15) is 11.6 Å². The topological polar surface area (TPSA) is 229 Å². The number of ketones is 1. The molecule has 1 amide bonds. The molecule has 115 heavy (non-hydrogen) atoms. The van der Waals surface area contributed by atoms with Crippen molar-refractivity contribution in [2.24, 2.45) is 11.5 Å². The fourth-order valence-electron chi connectivity index (χ4n) is 13.2. The second-order valence-electron chi connectivity index (χ2n) is 27.7. The number of fused-ring (bicyclic) bond motifs is 3. The standard InChI is InChI=1S/C21H21ClN2O2.C14H13Cl.C14H15N.C13H19NO.C11H13N3.C10H8ClNO.C6H11N3.C4H6N2.C2H6/c1-26-21(25)24-11-8-14(9-12-24)19-18-7-6-17(22)13-16(18)5-4-15-3-2-10-23-20(15)19;1-11(12-5-3-2-4-6-12)13-7-9-14(15)10-8-13;1-15(14-10-6-3-7-11-14)12-13-8-4-2-5-9-13;1-15-13-7-5-6-12(10-13)11-14-8-3-2-4-9-14;12-7-6-10-8-13-11(14-10)9-4-2-1-3-5-9;1-6(13)10-5-7-4-8(11)2-3-9(7)12-10;1-5-6(2-3-7)9-4-8-5;1-4-2-5-3-6-4;1-2/h2-3,6-7,10,13H,4-5,8-9,11-12H2,1H3;2-11H,1H3;2-11H,12H2,1H3;5-7,10H,2-4,8-9,11H2,1H3;1-5,8H,6-7,12H2,(H,13,14);2-5,12H,1H3;4H,2-3,7H2,1H3,(H,8,9);2-3H,1H3,(H,5,6);1-2H3. The van der Waals surface area contributed by atoms with Crippen molar-refractivity contribution in [3.63, 3.8) is 0 Å². The lowest BCUT2D eigenvalue weighted by Gasteiger charge is -2.29. The smallest absolute Gasteiger partial charge is 0.409 e. The number of pyridine rings is 1. The van der Waals surface area contributed by atoms with Gasteiger partial charge in [-0.2, -0.15) is 0 Å². The van der Waals surface area contributed by atoms with Crippen molar-refractivity contribution in [2.45, 2.75) is 118 Å². The summed E-state index contributed by atoms with van der Waals surface area (Å²) in [7, 11) is 5.27. The van der Waals surface area contributed by atoms with Crippen LogP contribution in [-0.2, 0) is 43.5 Å². The van der Waals surface area contributed by atoms with E-state index in [2.05, 4.69) is 180 Å². The van der Waals surface area contributed by atoms with Crippen LogP contribution < -0.4 is 21.1 Å². The number of nitrogens with zero attached hydrogens (tertiary/aromatic N) is 7. The van der Waals surface area contributed by atoms with Crippen LogP contribution >= 0.6 is 34.8 Å². The first-order valence-corrected chi connectivity index (χ1v) is 40.6. The number of benzene rings is 8. The van der Waals surface area contributed by atoms with Gasteiger partial charge in [0, 0.05) is 137 Å². The number of aromatic nitrogens is 8. The zero-order valence-corrected chi connectivity index (χ0v) is 70.2. The number of hydrogen-bond acceptors (Lipinski definition) is 12. The molecule has 602 valence electrons. The van der Waals surface area contributed by atoms with Crippen LogP contribution in [-0.4, -0.2) is 122 Å². The molecule has 2 fully saturated rings. The molecule has 2 saturated heterocycles. The summed E-state index contributed by atoms with van der Waals surface area (Å²) in [5, 5.41) is 3.21. The van der Waals surface area contributed by atoms with Crippen LogP contribution in [0.3, 0.4) is 0 Å². The molecule has 20 heteroatoms. The fraction of sp³-hybridized carbons (Fsp3) is 0.284. The average Bonchev–Trinajstić information content (AvgIpc) is 1.71. The van der Waals surface area contributed by atoms with E-state index in [0.29, 0.717) is 42.8 Å². The fourth-order valence-corrected chi connectivity index (χ4v) is 13.7. The molecule has 5 aromatic heterocycles. The molecule has 0 saturated carbocycles. The molecule has 8 aromatic carbocycles. The summed E-state index contributed by atoms with van der Waals surface area (Å²) in [5.74, 6) is 2.33. The lowest BCUT2D eigenvalue weighted by Crippen LogP contribution is -2.36. The Morgan fingerprint density at radius 3 is 1.83 bits per heavy atom. The van der Waals surface area contributed by atoms with Crippen molar-refractivity contribution in [3.05, 3.63) is 349 Å². The molecule has 2 aliphatic heterocycles. The summed E-state index contributed by atoms with van der Waals surface area (Å²) >= 11 is 17.9. The van der Waals surface area contributed by atoms with Crippen LogP contribution in [0.4, 0.5) is 10.5 Å². The molecule has 8 N–H and O–H groups in total. The van der Waals surface area contributed by atoms with Gasteiger partial charge >= 0.3 is 6.09 Å². The van der Waals surface area contributed by atoms with Gasteiger partial charge in [0.15, 0.2) is 5.78 Å². The number of carbonyl (C=O) groups is 2. The average molecular weight is 1610 g/mol. The second-order valence-corrected chi connectivity index (χ2v) is 29.0. The second kappa shape index (κ2) is 49.0. The number of amides is 1. The number of nitrogens with two attached hydrogens (primary N) is 2. The van der Waals surface area contributed by atoms with E-state index in [-0.39, 0.29) is 11.9 Å². The predicted molar refractivity (Wildman–Crippen MR) is 476 cm³/mol. The summed E-state index contributed by atoms with van der Waals surface area (Å²) in [6.07, 6.45) is 18.0. The van der Waals surface area contributed by atoms with Crippen molar-refractivity contribution in [1.29, 1.82) is 0 Å². The minimum atomic E-state index is -0.249. The number of hydrogen-bond donors (Lipinski definition) is 6. The first-order valence-electron chi connectivity index (χ1n) is 39.5. The van der Waals surface area contributed by atoms with Crippen LogP contribution in [0.25, 0.3) is 27.9 Å². The van der Waals surface area contributed by atoms with Crippen LogP contribution in [0, 0.1) is 13.8 Å². The Morgan fingerprint density at radius 1 is 0.591 bits per heavy atom. The summed E-state index contributed by atoms with van der Waals surface area (Å²) in [6, 6.07) is 75.5. The SMILES string of the molecule is CC.CC(=O)c1cc2cc(Cl)ccc2[nH]1.CC(c1ccccc1)c1ccc(Cl)cc1.CN(Cc1ccccc1)c1ccccc1.COC(=O)N1CCC(=C2c3ccc(Cl)cc3CCc3cccnc32)CC1.COc1cccc(CN2CCCCC2)c1.Cc1[nH]cnc1CCN.Cc1cnc[nH]1.NCCc1cnc(-c2ccccc2)[nH]1. The number of likely N-dealkylation sites (tertiary alicyclic amines) is 2. The third kappa shape index (κ3) is 29.5. The number of nitrogens with one attached hydrogen (secondary N) is 4. The van der Waals surface area contributed by atoms with Gasteiger partial charge in [-0.15, -0.1) is 0 Å². The van der Waals surface area contributed by atoms with Gasteiger partial charge in [0.05, 0.1) is 44.0 Å². The number of halogens is 3. The number of H-pyrrole nitrogens is 4. The van der Waals surface area contributed by atoms with Crippen molar-refractivity contribution in [3.8, 4) is 17.1 Å². The molecular weight excluding hydrogens is 1490 g/mol. The van der Waals surface area contributed by atoms with E-state index in [1.54, 1.807) is 36.9 Å². The summed E-state index contributed by atoms with van der Waals surface area (Å²) in [4.78, 5) is 58.4. The molecule has 0 spiro atoms. The van der Waals surface area contributed by atoms with E-state index in [0.717, 1.165) is 118 Å². The largest absolute Gasteiger partial charge is 0.497 e. The Labute approximate surface area is 695 Å². The zero-order chi connectivity index (χ0) is 82.1. The first kappa shape index (κ1) is 89.7. The van der Waals surface area contributed by atoms with Gasteiger partial charge in [0.25, 0.3) is 0 Å². The molecule has 1 aliphatic carbocycles. The van der Waals surface area contributed by atoms with Crippen molar-refractivity contribution in [1.82, 2.24) is 49.7 Å². The van der Waals surface area contributed by atoms with Crippen LogP contribution in [0.5, 0.6) is 5.75 Å². The summed E-state index contributed by atoms with van der Waals surface area (Å²) < 4.78 is 10.1. The zero-order valence-electron chi connectivity index (χ0n) is 67.9. The monoisotopic (exact) mass is 1600 g/mol. The number of piperidine rings is 2. The van der Waals surface area contributed by atoms with E-state index in [1.165, 1.54) is 102 Å². The van der Waals surface area contributed by atoms with E-state index >= 15 is 0 Å². The molecule has 0 bridgehead atoms. The highest BCUT2D eigenvalue weighted by Gasteiger charge is 2.27. The van der Waals surface area contributed by atoms with E-state index in [1.807, 2.05) is 137 Å². The molecule has 17 nitrogen and oxygen atoms in total. The van der Waals surface area contributed by atoms with Crippen molar-refractivity contribution < 1.29 is 19.1 Å². The van der Waals surface area contributed by atoms with Crippen molar-refractivity contribution in [2.75, 3.05) is 65.4 Å². The minimum Gasteiger partial charge on any atom is -0.497 e. The number of ether oxygens (including phenoxy) is 2. The van der Waals surface area contributed by atoms with Crippen LogP contribution in [0.1, 0.15) is 144 Å². The van der Waals surface area contributed by atoms with Gasteiger partial charge in [-0.1, -0.05) is 213 Å². The molecule has 1 unspecified atom stereocenters. The lowest BCUT2D eigenvalue weighted by molar-refractivity contribution is 0.101. The normalized spacial score (nSPS) is 12.7. The van der Waals surface area contributed by atoms with Gasteiger partial charge in [-0.25, -0.2) is 19.7 Å². The molecule has 16 rings (SSSR count). The highest BCUT2D eigenvalue weighted by molar-refractivity contribution is 6.31. The number of aryl methyl sites for hydroxylation is 4. The van der Waals surface area contributed by atoms with Crippen LogP contribution in [0.2, 0.25) is 15.1 Å². The lowest BCUT2D eigenvalue weighted by atomic mass is 9.88. The van der Waals surface area contributed by atoms with Gasteiger partial charge in [0.2, 0.25) is 0 Å². The number of aromatic amines is 4. The maximum atomic E-state index is 11.8. The Balaban J connectivity index is 0.000000168. The molecule has 1 atom stereocenters. The summed E-state index contributed by atoms with van der Waals surface area (Å²) in [6.45, 7) is 18.9. The van der Waals surface area contributed by atoms with E-state index in [4.69, 9.17) is 60.7 Å². The number of methoxy groups -OCH3 is 2. The van der Waals surface area contributed by atoms with Crippen LogP contribution in [0.15, 0.2) is 261 Å². The number of para-hydroxylation sites is 1. The highest BCUT2D eigenvalue weighted by atomic mass is 35.5. The van der Waals surface area contributed by atoms with E-state index < -0.39 is 0 Å². The molecule has 3 aliphatic rings. The van der Waals surface area contributed by atoms with Crippen molar-refractivity contribution >= 4 is 68.8 Å². The Kier molecular flexibility index (Phi) is 38.2. The highest BCUT2D eigenvalue weighted by Crippen LogP contribution is 2.39. The van der Waals surface area contributed by atoms with Gasteiger partial charge in [-0.05, 0) is 196 Å². The number of Topliss-reactive ketones (excluding diaryl/α,β-unsaturated/α-hetero) is 1. The third-order valence-corrected chi connectivity index (χ3v) is 20.1.